The van der Waals surface area contributed by atoms with E-state index < -0.39 is 28.6 Å². The van der Waals surface area contributed by atoms with Crippen molar-refractivity contribution in [3.63, 3.8) is 0 Å². The van der Waals surface area contributed by atoms with Crippen LogP contribution in [0.25, 0.3) is 16.6 Å². The third kappa shape index (κ3) is 3.43. The first-order valence-corrected chi connectivity index (χ1v) is 9.56. The fourth-order valence-electron chi connectivity index (χ4n) is 3.93. The third-order valence-electron chi connectivity index (χ3n) is 5.64. The average molecular weight is 413 g/mol. The maximum absolute atomic E-state index is 15.0. The summed E-state index contributed by atoms with van der Waals surface area (Å²) >= 11 is 0. The molecule has 1 saturated heterocycles. The van der Waals surface area contributed by atoms with Crippen molar-refractivity contribution in [2.45, 2.75) is 12.5 Å². The number of carboxylic acids is 1. The fourth-order valence-corrected chi connectivity index (χ4v) is 3.93. The zero-order valence-electron chi connectivity index (χ0n) is 16.6. The van der Waals surface area contributed by atoms with Gasteiger partial charge in [0.25, 0.3) is 0 Å². The molecule has 1 unspecified atom stereocenters. The Bertz CT molecular complexity index is 1190. The Balaban J connectivity index is 1.94. The Kier molecular flexibility index (Phi) is 5.03. The molecule has 1 aliphatic rings. The van der Waals surface area contributed by atoms with Gasteiger partial charge in [0, 0.05) is 36.4 Å². The Morgan fingerprint density at radius 1 is 1.17 bits per heavy atom. The summed E-state index contributed by atoms with van der Waals surface area (Å²) in [5.41, 5.74) is -0.0535. The molecule has 0 amide bonds. The predicted octanol–water partition coefficient (Wildman–Crippen LogP) is 3.11. The van der Waals surface area contributed by atoms with Crippen molar-refractivity contribution in [1.82, 2.24) is 9.47 Å². The highest BCUT2D eigenvalue weighted by Crippen LogP contribution is 2.30. The van der Waals surface area contributed by atoms with Crippen LogP contribution in [-0.2, 0) is 0 Å². The minimum atomic E-state index is -1.41. The summed E-state index contributed by atoms with van der Waals surface area (Å²) in [5, 5.41) is 9.40. The van der Waals surface area contributed by atoms with Gasteiger partial charge in [0.05, 0.1) is 11.2 Å². The molecule has 1 aromatic heterocycles. The molecular formula is C22H21F2N3O3. The van der Waals surface area contributed by atoms with Crippen LogP contribution in [0.15, 0.2) is 47.4 Å². The normalized spacial score (nSPS) is 16.6. The van der Waals surface area contributed by atoms with Crippen molar-refractivity contribution < 1.29 is 18.7 Å². The molecule has 1 aliphatic heterocycles. The van der Waals surface area contributed by atoms with Gasteiger partial charge in [-0.05, 0) is 56.9 Å². The topological polar surface area (TPSA) is 65.8 Å². The molecule has 0 aliphatic carbocycles. The maximum Gasteiger partial charge on any atom is 0.341 e. The van der Waals surface area contributed by atoms with Gasteiger partial charge in [-0.2, -0.15) is 0 Å². The number of anilines is 1. The van der Waals surface area contributed by atoms with E-state index in [2.05, 4.69) is 4.90 Å². The molecule has 6 nitrogen and oxygen atoms in total. The van der Waals surface area contributed by atoms with Crippen molar-refractivity contribution in [2.75, 3.05) is 32.1 Å². The Morgan fingerprint density at radius 3 is 2.47 bits per heavy atom. The summed E-state index contributed by atoms with van der Waals surface area (Å²) < 4.78 is 29.9. The lowest BCUT2D eigenvalue weighted by Gasteiger charge is -2.23. The number of hydrogen-bond acceptors (Lipinski definition) is 4. The molecule has 2 heterocycles. The van der Waals surface area contributed by atoms with Crippen molar-refractivity contribution in [3.05, 3.63) is 70.0 Å². The van der Waals surface area contributed by atoms with Crippen LogP contribution >= 0.6 is 0 Å². The van der Waals surface area contributed by atoms with Crippen LogP contribution in [0, 0.1) is 11.6 Å². The maximum atomic E-state index is 15.0. The lowest BCUT2D eigenvalue weighted by atomic mass is 10.1. The van der Waals surface area contributed by atoms with Gasteiger partial charge in [-0.3, -0.25) is 4.79 Å². The zero-order chi connectivity index (χ0) is 21.6. The number of benzene rings is 2. The number of carboxylic acid groups (broad SMARTS) is 1. The minimum Gasteiger partial charge on any atom is -0.477 e. The smallest absolute Gasteiger partial charge is 0.341 e. The summed E-state index contributed by atoms with van der Waals surface area (Å²) in [4.78, 5) is 28.3. The summed E-state index contributed by atoms with van der Waals surface area (Å²) in [6.45, 7) is 1.31. The van der Waals surface area contributed by atoms with Crippen LogP contribution in [0.2, 0.25) is 0 Å². The molecule has 3 aromatic rings. The van der Waals surface area contributed by atoms with Gasteiger partial charge < -0.3 is 19.5 Å². The molecular weight excluding hydrogens is 392 g/mol. The van der Waals surface area contributed by atoms with Gasteiger partial charge in [0.2, 0.25) is 5.43 Å². The van der Waals surface area contributed by atoms with E-state index in [9.17, 15) is 23.5 Å². The van der Waals surface area contributed by atoms with Crippen molar-refractivity contribution in [3.8, 4) is 5.69 Å². The summed E-state index contributed by atoms with van der Waals surface area (Å²) in [7, 11) is 3.95. The van der Waals surface area contributed by atoms with E-state index in [1.807, 2.05) is 19.0 Å². The van der Waals surface area contributed by atoms with Gasteiger partial charge in [-0.25, -0.2) is 13.6 Å². The highest BCUT2D eigenvalue weighted by Gasteiger charge is 2.27. The molecule has 0 spiro atoms. The average Bonchev–Trinajstić information content (AvgIpc) is 3.19. The van der Waals surface area contributed by atoms with Gasteiger partial charge in [-0.15, -0.1) is 0 Å². The Morgan fingerprint density at radius 2 is 1.87 bits per heavy atom. The van der Waals surface area contributed by atoms with Gasteiger partial charge in [0.1, 0.15) is 17.2 Å². The van der Waals surface area contributed by atoms with Gasteiger partial charge in [0.15, 0.2) is 0 Å². The number of carbonyl (C=O) groups is 1. The van der Waals surface area contributed by atoms with Gasteiger partial charge in [-0.1, -0.05) is 0 Å². The lowest BCUT2D eigenvalue weighted by molar-refractivity contribution is 0.0695. The summed E-state index contributed by atoms with van der Waals surface area (Å²) in [6, 6.07) is 8.39. The minimum absolute atomic E-state index is 0.0381. The first-order chi connectivity index (χ1) is 14.3. The number of rotatable bonds is 4. The highest BCUT2D eigenvalue weighted by molar-refractivity contribution is 5.94. The second kappa shape index (κ2) is 7.53. The molecule has 0 radical (unpaired) electrons. The van der Waals surface area contributed by atoms with E-state index in [0.29, 0.717) is 30.0 Å². The monoisotopic (exact) mass is 413 g/mol. The molecule has 30 heavy (non-hydrogen) atoms. The molecule has 1 fully saturated rings. The molecule has 156 valence electrons. The zero-order valence-corrected chi connectivity index (χ0v) is 16.6. The number of aromatic nitrogens is 1. The quantitative estimate of drug-likeness (QED) is 0.712. The number of nitrogens with zero attached hydrogens (tertiary/aromatic N) is 3. The number of hydrogen-bond donors (Lipinski definition) is 1. The molecule has 0 saturated carbocycles. The van der Waals surface area contributed by atoms with Crippen LogP contribution in [-0.4, -0.2) is 53.8 Å². The second-order valence-corrected chi connectivity index (χ2v) is 7.70. The van der Waals surface area contributed by atoms with Crippen molar-refractivity contribution in [1.29, 1.82) is 0 Å². The van der Waals surface area contributed by atoms with E-state index in [4.69, 9.17) is 0 Å². The van der Waals surface area contributed by atoms with Crippen LogP contribution < -0.4 is 10.3 Å². The van der Waals surface area contributed by atoms with E-state index in [1.165, 1.54) is 35.0 Å². The molecule has 4 rings (SSSR count). The number of aromatic carboxylic acids is 1. The van der Waals surface area contributed by atoms with E-state index in [-0.39, 0.29) is 11.4 Å². The van der Waals surface area contributed by atoms with E-state index in [0.717, 1.165) is 12.5 Å². The molecule has 2 aromatic carbocycles. The second-order valence-electron chi connectivity index (χ2n) is 7.70. The number of likely N-dealkylation sites (N-methyl/N-ethyl adjacent to an activating group) is 1. The molecule has 0 bridgehead atoms. The summed E-state index contributed by atoms with van der Waals surface area (Å²) in [5.74, 6) is -2.43. The third-order valence-corrected chi connectivity index (χ3v) is 5.64. The standard InChI is InChI=1S/C22H21F2N3O3/c1-25(2)15-7-8-26(11-15)20-10-19-16(9-18(20)24)21(28)17(22(29)30)12-27(19)14-5-3-13(23)4-6-14/h3-6,9-10,12,15H,7-8,11H2,1-2H3,(H,29,30). The molecule has 1 N–H and O–H groups in total. The highest BCUT2D eigenvalue weighted by atomic mass is 19.1. The van der Waals surface area contributed by atoms with Crippen LogP contribution in [0.3, 0.4) is 0 Å². The van der Waals surface area contributed by atoms with Crippen molar-refractivity contribution >= 4 is 22.6 Å². The van der Waals surface area contributed by atoms with Crippen LogP contribution in [0.4, 0.5) is 14.5 Å². The number of halogens is 2. The Labute approximate surface area is 171 Å². The first kappa shape index (κ1) is 20.0. The number of pyridine rings is 1. The lowest BCUT2D eigenvalue weighted by Crippen LogP contribution is -2.31. The summed E-state index contributed by atoms with van der Waals surface area (Å²) in [6.07, 6.45) is 2.09. The van der Waals surface area contributed by atoms with Gasteiger partial charge >= 0.3 is 5.97 Å². The van der Waals surface area contributed by atoms with E-state index >= 15 is 0 Å². The van der Waals surface area contributed by atoms with Crippen LogP contribution in [0.1, 0.15) is 16.8 Å². The largest absolute Gasteiger partial charge is 0.477 e. The fraction of sp³-hybridized carbons (Fsp3) is 0.273. The number of fused-ring (bicyclic) bond motifs is 1. The Hall–Kier alpha value is -3.26. The SMILES string of the molecule is CN(C)C1CCN(c2cc3c(cc2F)c(=O)c(C(=O)O)cn3-c2ccc(F)cc2)C1. The predicted molar refractivity (Wildman–Crippen MR) is 111 cm³/mol. The first-order valence-electron chi connectivity index (χ1n) is 9.56. The molecule has 8 heteroatoms. The van der Waals surface area contributed by atoms with E-state index in [1.54, 1.807) is 6.07 Å². The molecule has 1 atom stereocenters. The van der Waals surface area contributed by atoms with Crippen LogP contribution in [0.5, 0.6) is 0 Å². The van der Waals surface area contributed by atoms with Crippen molar-refractivity contribution in [2.24, 2.45) is 0 Å².